The molecule has 1 spiro atoms. The van der Waals surface area contributed by atoms with Crippen molar-refractivity contribution in [1.82, 2.24) is 14.9 Å². The van der Waals surface area contributed by atoms with Gasteiger partial charge >= 0.3 is 0 Å². The summed E-state index contributed by atoms with van der Waals surface area (Å²) in [6.07, 6.45) is 7.16. The topological polar surface area (TPSA) is 64.6 Å². The van der Waals surface area contributed by atoms with Crippen LogP contribution in [0.1, 0.15) is 18.5 Å². The van der Waals surface area contributed by atoms with Crippen LogP contribution in [-0.2, 0) is 16.0 Å². The lowest BCUT2D eigenvalue weighted by Gasteiger charge is -2.23. The van der Waals surface area contributed by atoms with E-state index in [4.69, 9.17) is 9.47 Å². The van der Waals surface area contributed by atoms with Crippen molar-refractivity contribution in [2.45, 2.75) is 31.0 Å². The molecule has 2 atom stereocenters. The van der Waals surface area contributed by atoms with Crippen LogP contribution in [0.3, 0.4) is 0 Å². The SMILES string of the molecule is O=C(Cc1ccccn1)N1CC[C@@]2(C[C@H](Oc3cccnc3)CO2)C1. The van der Waals surface area contributed by atoms with Crippen LogP contribution in [0, 0.1) is 0 Å². The number of hydrogen-bond acceptors (Lipinski definition) is 5. The molecule has 2 aromatic rings. The standard InChI is InChI=1S/C19H21N3O3/c23-18(10-15-4-1-2-8-21-15)22-9-6-19(14-22)11-17(13-24-19)25-16-5-3-7-20-12-16/h1-5,7-8,12,17H,6,9-11,13-14H2/t17-,19+/m0/s1. The number of amides is 1. The van der Waals surface area contributed by atoms with Gasteiger partial charge < -0.3 is 14.4 Å². The Kier molecular flexibility index (Phi) is 4.36. The summed E-state index contributed by atoms with van der Waals surface area (Å²) in [4.78, 5) is 22.7. The molecular weight excluding hydrogens is 318 g/mol. The van der Waals surface area contributed by atoms with Crippen LogP contribution in [0.15, 0.2) is 48.9 Å². The van der Waals surface area contributed by atoms with Crippen molar-refractivity contribution in [2.24, 2.45) is 0 Å². The number of likely N-dealkylation sites (tertiary alicyclic amines) is 1. The second-order valence-corrected chi connectivity index (χ2v) is 6.69. The highest BCUT2D eigenvalue weighted by molar-refractivity contribution is 5.78. The maximum atomic E-state index is 12.5. The van der Waals surface area contributed by atoms with E-state index in [1.54, 1.807) is 18.6 Å². The first kappa shape index (κ1) is 16.0. The molecule has 6 nitrogen and oxygen atoms in total. The van der Waals surface area contributed by atoms with Gasteiger partial charge in [0.2, 0.25) is 5.91 Å². The number of pyridine rings is 2. The second-order valence-electron chi connectivity index (χ2n) is 6.69. The number of ether oxygens (including phenoxy) is 2. The number of nitrogens with zero attached hydrogens (tertiary/aromatic N) is 3. The maximum Gasteiger partial charge on any atom is 0.228 e. The fourth-order valence-electron chi connectivity index (χ4n) is 3.60. The predicted molar refractivity (Wildman–Crippen MR) is 91.1 cm³/mol. The van der Waals surface area contributed by atoms with Crippen LogP contribution in [0.4, 0.5) is 0 Å². The Hall–Kier alpha value is -2.47. The molecule has 2 saturated heterocycles. The number of aromatic nitrogens is 2. The van der Waals surface area contributed by atoms with Gasteiger partial charge in [-0.3, -0.25) is 14.8 Å². The number of rotatable bonds is 4. The van der Waals surface area contributed by atoms with Gasteiger partial charge in [0.1, 0.15) is 11.9 Å². The quantitative estimate of drug-likeness (QED) is 0.851. The van der Waals surface area contributed by atoms with E-state index in [2.05, 4.69) is 9.97 Å². The average molecular weight is 339 g/mol. The lowest BCUT2D eigenvalue weighted by Crippen LogP contribution is -2.37. The van der Waals surface area contributed by atoms with E-state index >= 15 is 0 Å². The van der Waals surface area contributed by atoms with Gasteiger partial charge in [0, 0.05) is 37.6 Å². The molecule has 6 heteroatoms. The Labute approximate surface area is 146 Å². The third-order valence-corrected chi connectivity index (χ3v) is 4.84. The molecule has 25 heavy (non-hydrogen) atoms. The molecule has 0 N–H and O–H groups in total. The first-order chi connectivity index (χ1) is 12.2. The van der Waals surface area contributed by atoms with Crippen molar-refractivity contribution in [2.75, 3.05) is 19.7 Å². The summed E-state index contributed by atoms with van der Waals surface area (Å²) in [5.74, 6) is 0.866. The summed E-state index contributed by atoms with van der Waals surface area (Å²) in [6.45, 7) is 1.91. The van der Waals surface area contributed by atoms with Crippen LogP contribution >= 0.6 is 0 Å². The molecule has 4 rings (SSSR count). The zero-order valence-corrected chi connectivity index (χ0v) is 14.0. The molecule has 2 aromatic heterocycles. The van der Waals surface area contributed by atoms with Gasteiger partial charge in [-0.05, 0) is 30.7 Å². The molecule has 0 radical (unpaired) electrons. The fourth-order valence-corrected chi connectivity index (χ4v) is 3.60. The molecule has 0 unspecified atom stereocenters. The Morgan fingerprint density at radius 3 is 3.08 bits per heavy atom. The van der Waals surface area contributed by atoms with E-state index < -0.39 is 0 Å². The smallest absolute Gasteiger partial charge is 0.228 e. The van der Waals surface area contributed by atoms with Crippen LogP contribution < -0.4 is 4.74 Å². The highest BCUT2D eigenvalue weighted by Crippen LogP contribution is 2.36. The molecule has 0 aliphatic carbocycles. The zero-order valence-electron chi connectivity index (χ0n) is 14.0. The molecule has 2 fully saturated rings. The average Bonchev–Trinajstić information content (AvgIpc) is 3.24. The highest BCUT2D eigenvalue weighted by Gasteiger charge is 2.47. The van der Waals surface area contributed by atoms with E-state index in [1.807, 2.05) is 35.2 Å². The summed E-state index contributed by atoms with van der Waals surface area (Å²) in [7, 11) is 0. The predicted octanol–water partition coefficient (Wildman–Crippen LogP) is 1.86. The molecule has 4 heterocycles. The lowest BCUT2D eigenvalue weighted by atomic mass is 9.98. The number of carbonyl (C=O) groups is 1. The van der Waals surface area contributed by atoms with Gasteiger partial charge in [0.05, 0.1) is 24.8 Å². The Morgan fingerprint density at radius 1 is 1.32 bits per heavy atom. The van der Waals surface area contributed by atoms with Gasteiger partial charge in [0.15, 0.2) is 0 Å². The largest absolute Gasteiger partial charge is 0.486 e. The second kappa shape index (κ2) is 6.80. The van der Waals surface area contributed by atoms with E-state index in [0.29, 0.717) is 19.6 Å². The highest BCUT2D eigenvalue weighted by atomic mass is 16.6. The summed E-state index contributed by atoms with van der Waals surface area (Å²) in [5, 5.41) is 0. The van der Waals surface area contributed by atoms with Crippen molar-refractivity contribution in [3.8, 4) is 5.75 Å². The molecule has 2 aliphatic heterocycles. The van der Waals surface area contributed by atoms with E-state index in [-0.39, 0.29) is 17.6 Å². The summed E-state index contributed by atoms with van der Waals surface area (Å²) >= 11 is 0. The first-order valence-corrected chi connectivity index (χ1v) is 8.61. The maximum absolute atomic E-state index is 12.5. The van der Waals surface area contributed by atoms with Crippen LogP contribution in [0.5, 0.6) is 5.75 Å². The lowest BCUT2D eigenvalue weighted by molar-refractivity contribution is -0.130. The monoisotopic (exact) mass is 339 g/mol. The van der Waals surface area contributed by atoms with Crippen molar-refractivity contribution < 1.29 is 14.3 Å². The molecule has 2 aliphatic rings. The van der Waals surface area contributed by atoms with Crippen molar-refractivity contribution in [3.05, 3.63) is 54.6 Å². The minimum Gasteiger partial charge on any atom is -0.486 e. The zero-order chi connectivity index (χ0) is 17.1. The minimum absolute atomic E-state index is 0.00930. The van der Waals surface area contributed by atoms with Crippen LogP contribution in [0.25, 0.3) is 0 Å². The number of hydrogen-bond donors (Lipinski definition) is 0. The summed E-state index contributed by atoms with van der Waals surface area (Å²) in [6, 6.07) is 9.40. The molecule has 0 saturated carbocycles. The molecule has 1 amide bonds. The Balaban J connectivity index is 1.33. The van der Waals surface area contributed by atoms with Crippen LogP contribution in [0.2, 0.25) is 0 Å². The van der Waals surface area contributed by atoms with Gasteiger partial charge in [0.25, 0.3) is 0 Å². The van der Waals surface area contributed by atoms with Crippen molar-refractivity contribution >= 4 is 5.91 Å². The normalized spacial score (nSPS) is 25.4. The molecular formula is C19H21N3O3. The molecule has 0 bridgehead atoms. The van der Waals surface area contributed by atoms with Crippen molar-refractivity contribution in [1.29, 1.82) is 0 Å². The number of carbonyl (C=O) groups excluding carboxylic acids is 1. The fraction of sp³-hybridized carbons (Fsp3) is 0.421. The van der Waals surface area contributed by atoms with Gasteiger partial charge in [-0.1, -0.05) is 6.07 Å². The van der Waals surface area contributed by atoms with E-state index in [1.165, 1.54) is 0 Å². The summed E-state index contributed by atoms with van der Waals surface area (Å²) in [5.41, 5.74) is 0.533. The van der Waals surface area contributed by atoms with Gasteiger partial charge in [-0.25, -0.2) is 0 Å². The van der Waals surface area contributed by atoms with Gasteiger partial charge in [-0.2, -0.15) is 0 Å². The van der Waals surface area contributed by atoms with Crippen LogP contribution in [-0.4, -0.2) is 52.2 Å². The Morgan fingerprint density at radius 2 is 2.28 bits per heavy atom. The third-order valence-electron chi connectivity index (χ3n) is 4.84. The van der Waals surface area contributed by atoms with E-state index in [9.17, 15) is 4.79 Å². The summed E-state index contributed by atoms with van der Waals surface area (Å²) < 4.78 is 12.0. The Bertz CT molecular complexity index is 725. The first-order valence-electron chi connectivity index (χ1n) is 8.61. The van der Waals surface area contributed by atoms with Gasteiger partial charge in [-0.15, -0.1) is 0 Å². The molecule has 0 aromatic carbocycles. The third kappa shape index (κ3) is 3.64. The van der Waals surface area contributed by atoms with E-state index in [0.717, 1.165) is 30.8 Å². The minimum atomic E-state index is -0.271. The van der Waals surface area contributed by atoms with Crippen molar-refractivity contribution in [3.63, 3.8) is 0 Å². The molecule has 130 valence electrons.